The Kier molecular flexibility index (Phi) is 5.67. The van der Waals surface area contributed by atoms with Crippen molar-refractivity contribution < 1.29 is 22.7 Å². The van der Waals surface area contributed by atoms with Crippen molar-refractivity contribution in [1.82, 2.24) is 0 Å². The molecule has 1 amide bonds. The number of hydrogen-bond acceptors (Lipinski definition) is 4. The number of thioether (sulfide) groups is 1. The van der Waals surface area contributed by atoms with Crippen molar-refractivity contribution in [2.45, 2.75) is 13.1 Å². The number of halogens is 4. The van der Waals surface area contributed by atoms with Crippen LogP contribution in [0.5, 0.6) is 5.75 Å². The highest BCUT2D eigenvalue weighted by Gasteiger charge is 2.31. The molecular weight excluding hydrogens is 401 g/mol. The number of aryl methyl sites for hydroxylation is 1. The van der Waals surface area contributed by atoms with Crippen LogP contribution in [0.4, 0.5) is 24.5 Å². The zero-order chi connectivity index (χ0) is 19.6. The fourth-order valence-electron chi connectivity index (χ4n) is 2.34. The molecule has 0 aromatic heterocycles. The number of carbonyl (C=O) groups excluding carboxylic acids is 1. The molecule has 0 saturated carbocycles. The molecule has 1 N–H and O–H groups in total. The van der Waals surface area contributed by atoms with E-state index in [1.54, 1.807) is 0 Å². The maximum absolute atomic E-state index is 12.8. The highest BCUT2D eigenvalue weighted by Crippen LogP contribution is 2.35. The molecule has 0 spiro atoms. The van der Waals surface area contributed by atoms with Gasteiger partial charge >= 0.3 is 6.18 Å². The number of nitrogens with zero attached hydrogens (tertiary/aromatic N) is 1. The molecule has 0 atom stereocenters. The fourth-order valence-corrected chi connectivity index (χ4v) is 3.18. The van der Waals surface area contributed by atoms with Gasteiger partial charge in [-0.3, -0.25) is 4.79 Å². The monoisotopic (exact) mass is 414 g/mol. The molecule has 2 aromatic rings. The third-order valence-electron chi connectivity index (χ3n) is 3.65. The van der Waals surface area contributed by atoms with E-state index in [1.165, 1.54) is 0 Å². The van der Waals surface area contributed by atoms with Crippen molar-refractivity contribution >= 4 is 45.7 Å². The van der Waals surface area contributed by atoms with Gasteiger partial charge in [-0.15, -0.1) is 0 Å². The van der Waals surface area contributed by atoms with Crippen molar-refractivity contribution in [3.8, 4) is 5.75 Å². The predicted octanol–water partition coefficient (Wildman–Crippen LogP) is 5.46. The van der Waals surface area contributed by atoms with E-state index in [2.05, 4.69) is 10.3 Å². The highest BCUT2D eigenvalue weighted by atomic mass is 35.5. The van der Waals surface area contributed by atoms with Crippen molar-refractivity contribution in [2.75, 3.05) is 17.7 Å². The van der Waals surface area contributed by atoms with Crippen LogP contribution in [0.1, 0.15) is 11.1 Å². The summed E-state index contributed by atoms with van der Waals surface area (Å²) in [5.74, 6) is 0.161. The van der Waals surface area contributed by atoms with Gasteiger partial charge in [0, 0.05) is 0 Å². The van der Waals surface area contributed by atoms with Crippen LogP contribution in [-0.2, 0) is 11.0 Å². The van der Waals surface area contributed by atoms with Gasteiger partial charge in [0.1, 0.15) is 23.1 Å². The van der Waals surface area contributed by atoms with Gasteiger partial charge in [0.25, 0.3) is 0 Å². The average Bonchev–Trinajstić information content (AvgIpc) is 2.61. The summed E-state index contributed by atoms with van der Waals surface area (Å²) < 4.78 is 44.0. The number of fused-ring (bicyclic) bond motifs is 1. The summed E-state index contributed by atoms with van der Waals surface area (Å²) in [5, 5.41) is 3.04. The van der Waals surface area contributed by atoms with E-state index in [-0.39, 0.29) is 23.1 Å². The summed E-state index contributed by atoms with van der Waals surface area (Å²) in [6, 6.07) is 8.38. The average molecular weight is 415 g/mol. The van der Waals surface area contributed by atoms with E-state index in [1.807, 2.05) is 25.1 Å². The largest absolute Gasteiger partial charge is 0.484 e. The number of anilines is 1. The minimum absolute atomic E-state index is 0.0315. The van der Waals surface area contributed by atoms with Gasteiger partial charge in [-0.2, -0.15) is 13.2 Å². The summed E-state index contributed by atoms with van der Waals surface area (Å²) in [6.45, 7) is 2.18. The van der Waals surface area contributed by atoms with E-state index in [0.29, 0.717) is 16.5 Å². The predicted molar refractivity (Wildman–Crippen MR) is 101 cm³/mol. The van der Waals surface area contributed by atoms with Crippen LogP contribution in [0.15, 0.2) is 41.4 Å². The van der Waals surface area contributed by atoms with E-state index in [9.17, 15) is 18.0 Å². The lowest BCUT2D eigenvalue weighted by Crippen LogP contribution is -2.19. The molecule has 142 valence electrons. The lowest BCUT2D eigenvalue weighted by atomic mass is 10.2. The zero-order valence-electron chi connectivity index (χ0n) is 14.1. The van der Waals surface area contributed by atoms with Crippen molar-refractivity contribution in [2.24, 2.45) is 4.99 Å². The van der Waals surface area contributed by atoms with Gasteiger partial charge in [-0.05, 0) is 42.8 Å². The first-order valence-corrected chi connectivity index (χ1v) is 9.19. The second-order valence-electron chi connectivity index (χ2n) is 5.79. The van der Waals surface area contributed by atoms with Crippen molar-refractivity contribution in [3.05, 3.63) is 52.5 Å². The Labute approximate surface area is 162 Å². The topological polar surface area (TPSA) is 50.7 Å². The van der Waals surface area contributed by atoms with Crippen molar-refractivity contribution in [3.63, 3.8) is 0 Å². The number of nitrogens with one attached hydrogen (secondary N) is 1. The number of alkyl halides is 3. The SMILES string of the molecule is Cc1ccc2c(c1)OCC(SCC(=O)Nc1cc(C(F)(F)F)ccc1Cl)=N2. The third-order valence-corrected chi connectivity index (χ3v) is 4.93. The molecular formula is C18H14ClF3N2O2S. The van der Waals surface area contributed by atoms with Gasteiger partial charge in [0.15, 0.2) is 0 Å². The molecule has 9 heteroatoms. The maximum Gasteiger partial charge on any atom is 0.416 e. The molecule has 0 unspecified atom stereocenters. The molecule has 0 radical (unpaired) electrons. The molecule has 0 bridgehead atoms. The number of benzene rings is 2. The Morgan fingerprint density at radius 3 is 2.81 bits per heavy atom. The molecule has 3 rings (SSSR count). The number of amides is 1. The maximum atomic E-state index is 12.8. The molecule has 2 aromatic carbocycles. The van der Waals surface area contributed by atoms with Crippen LogP contribution >= 0.6 is 23.4 Å². The Morgan fingerprint density at radius 1 is 1.30 bits per heavy atom. The molecule has 4 nitrogen and oxygen atoms in total. The molecule has 1 aliphatic rings. The molecule has 0 aliphatic carbocycles. The van der Waals surface area contributed by atoms with Gasteiger partial charge in [-0.25, -0.2) is 4.99 Å². The first-order chi connectivity index (χ1) is 12.7. The summed E-state index contributed by atoms with van der Waals surface area (Å²) in [5.41, 5.74) is 0.764. The minimum Gasteiger partial charge on any atom is -0.484 e. The Hall–Kier alpha value is -2.19. The Morgan fingerprint density at radius 2 is 2.07 bits per heavy atom. The lowest BCUT2D eigenvalue weighted by molar-refractivity contribution is -0.137. The van der Waals surface area contributed by atoms with Crippen LogP contribution in [0.3, 0.4) is 0 Å². The molecule has 0 saturated heterocycles. The Bertz CT molecular complexity index is 916. The number of ether oxygens (including phenoxy) is 1. The Balaban J connectivity index is 1.63. The number of hydrogen-bond donors (Lipinski definition) is 1. The molecule has 0 fully saturated rings. The fraction of sp³-hybridized carbons (Fsp3) is 0.222. The van der Waals surface area contributed by atoms with Crippen LogP contribution in [0, 0.1) is 6.92 Å². The van der Waals surface area contributed by atoms with Crippen LogP contribution in [0.2, 0.25) is 5.02 Å². The second-order valence-corrected chi connectivity index (χ2v) is 7.25. The van der Waals surface area contributed by atoms with Gasteiger partial charge in [0.2, 0.25) is 5.91 Å². The molecule has 27 heavy (non-hydrogen) atoms. The number of carbonyl (C=O) groups is 1. The van der Waals surface area contributed by atoms with Crippen LogP contribution < -0.4 is 10.1 Å². The van der Waals surface area contributed by atoms with E-state index < -0.39 is 17.6 Å². The standard InChI is InChI=1S/C18H14ClF3N2O2S/c1-10-2-5-13-15(6-10)26-8-17(24-13)27-9-16(25)23-14-7-11(18(20,21)22)3-4-12(14)19/h2-7H,8-9H2,1H3,(H,23,25). The quantitative estimate of drug-likeness (QED) is 0.725. The summed E-state index contributed by atoms with van der Waals surface area (Å²) in [7, 11) is 0. The minimum atomic E-state index is -4.52. The smallest absolute Gasteiger partial charge is 0.416 e. The first kappa shape index (κ1) is 19.6. The lowest BCUT2D eigenvalue weighted by Gasteiger charge is -2.17. The van der Waals surface area contributed by atoms with Gasteiger partial charge in [-0.1, -0.05) is 29.4 Å². The van der Waals surface area contributed by atoms with E-state index in [4.69, 9.17) is 16.3 Å². The second kappa shape index (κ2) is 7.82. The van der Waals surface area contributed by atoms with E-state index >= 15 is 0 Å². The zero-order valence-corrected chi connectivity index (χ0v) is 15.6. The number of aliphatic imine (C=N–C) groups is 1. The summed E-state index contributed by atoms with van der Waals surface area (Å²) in [4.78, 5) is 16.5. The molecule has 1 aliphatic heterocycles. The third kappa shape index (κ3) is 4.95. The molecule has 1 heterocycles. The summed E-state index contributed by atoms with van der Waals surface area (Å²) >= 11 is 7.03. The number of rotatable bonds is 3. The normalized spacial score (nSPS) is 13.4. The van der Waals surface area contributed by atoms with Gasteiger partial charge in [0.05, 0.1) is 22.0 Å². The summed E-state index contributed by atoms with van der Waals surface area (Å²) in [6.07, 6.45) is -4.52. The van der Waals surface area contributed by atoms with Gasteiger partial charge < -0.3 is 10.1 Å². The van der Waals surface area contributed by atoms with Crippen LogP contribution in [0.25, 0.3) is 0 Å². The highest BCUT2D eigenvalue weighted by molar-refractivity contribution is 8.14. The first-order valence-electron chi connectivity index (χ1n) is 7.83. The van der Waals surface area contributed by atoms with Crippen molar-refractivity contribution in [1.29, 1.82) is 0 Å². The van der Waals surface area contributed by atoms with E-state index in [0.717, 1.165) is 35.5 Å². The van der Waals surface area contributed by atoms with Crippen LogP contribution in [-0.4, -0.2) is 23.3 Å².